The minimum absolute atomic E-state index is 0.0265. The maximum atomic E-state index is 12.2. The van der Waals surface area contributed by atoms with Crippen LogP contribution in [0.1, 0.15) is 28.9 Å². The molecule has 1 amide bonds. The van der Waals surface area contributed by atoms with Crippen molar-refractivity contribution in [2.75, 3.05) is 6.61 Å². The molecule has 2 N–H and O–H groups in total. The first-order chi connectivity index (χ1) is 10.6. The van der Waals surface area contributed by atoms with Crippen molar-refractivity contribution < 1.29 is 19.4 Å². The molecule has 0 saturated carbocycles. The quantitative estimate of drug-likeness (QED) is 0.831. The van der Waals surface area contributed by atoms with Crippen LogP contribution >= 0.6 is 0 Å². The zero-order valence-electron chi connectivity index (χ0n) is 12.2. The Balaban J connectivity index is 2.15. The number of benzene rings is 2. The van der Waals surface area contributed by atoms with Crippen LogP contribution in [0.4, 0.5) is 0 Å². The SMILES string of the molecule is CC(=O)OCC(NC(=O)c1ccccc1)c1ccc(O)cc1. The van der Waals surface area contributed by atoms with Crippen molar-refractivity contribution in [1.29, 1.82) is 0 Å². The van der Waals surface area contributed by atoms with Gasteiger partial charge in [-0.15, -0.1) is 0 Å². The van der Waals surface area contributed by atoms with Crippen molar-refractivity contribution in [3.05, 3.63) is 65.7 Å². The normalized spacial score (nSPS) is 11.5. The lowest BCUT2D eigenvalue weighted by molar-refractivity contribution is -0.141. The standard InChI is InChI=1S/C17H17NO4/c1-12(19)22-11-16(13-7-9-15(20)10-8-13)18-17(21)14-5-3-2-4-6-14/h2-10,16,20H,11H2,1H3,(H,18,21). The zero-order chi connectivity index (χ0) is 15.9. The molecule has 0 fully saturated rings. The van der Waals surface area contributed by atoms with Gasteiger partial charge < -0.3 is 15.2 Å². The third kappa shape index (κ3) is 4.34. The van der Waals surface area contributed by atoms with Crippen LogP contribution in [0.25, 0.3) is 0 Å². The Morgan fingerprint density at radius 1 is 1.09 bits per heavy atom. The van der Waals surface area contributed by atoms with Crippen LogP contribution in [-0.4, -0.2) is 23.6 Å². The number of carbonyl (C=O) groups excluding carboxylic acids is 2. The fourth-order valence-corrected chi connectivity index (χ4v) is 1.96. The largest absolute Gasteiger partial charge is 0.508 e. The number of hydrogen-bond donors (Lipinski definition) is 2. The van der Waals surface area contributed by atoms with Crippen molar-refractivity contribution in [1.82, 2.24) is 5.32 Å². The summed E-state index contributed by atoms with van der Waals surface area (Å²) >= 11 is 0. The lowest BCUT2D eigenvalue weighted by atomic mass is 10.1. The average Bonchev–Trinajstić information content (AvgIpc) is 2.53. The van der Waals surface area contributed by atoms with E-state index in [1.165, 1.54) is 19.1 Å². The first kappa shape index (κ1) is 15.6. The number of carbonyl (C=O) groups is 2. The van der Waals surface area contributed by atoms with Crippen LogP contribution in [0, 0.1) is 0 Å². The molecule has 22 heavy (non-hydrogen) atoms. The van der Waals surface area contributed by atoms with E-state index in [2.05, 4.69) is 5.32 Å². The fraction of sp³-hybridized carbons (Fsp3) is 0.176. The Labute approximate surface area is 128 Å². The minimum atomic E-state index is -0.489. The van der Waals surface area contributed by atoms with Gasteiger partial charge in [-0.05, 0) is 29.8 Å². The van der Waals surface area contributed by atoms with Gasteiger partial charge in [0.05, 0.1) is 6.04 Å². The third-order valence-corrected chi connectivity index (χ3v) is 3.09. The fourth-order valence-electron chi connectivity index (χ4n) is 1.96. The molecule has 0 bridgehead atoms. The van der Waals surface area contributed by atoms with E-state index in [1.807, 2.05) is 6.07 Å². The highest BCUT2D eigenvalue weighted by Crippen LogP contribution is 2.18. The molecular weight excluding hydrogens is 282 g/mol. The maximum Gasteiger partial charge on any atom is 0.302 e. The number of phenolic OH excluding ortho intramolecular Hbond substituents is 1. The van der Waals surface area contributed by atoms with Crippen molar-refractivity contribution in [2.45, 2.75) is 13.0 Å². The predicted octanol–water partition coefficient (Wildman–Crippen LogP) is 2.43. The highest BCUT2D eigenvalue weighted by molar-refractivity contribution is 5.94. The molecule has 0 aliphatic rings. The number of nitrogens with one attached hydrogen (secondary N) is 1. The summed E-state index contributed by atoms with van der Waals surface area (Å²) < 4.78 is 5.01. The van der Waals surface area contributed by atoms with Crippen LogP contribution in [0.3, 0.4) is 0 Å². The Bertz CT molecular complexity index is 637. The maximum absolute atomic E-state index is 12.2. The number of hydrogen-bond acceptors (Lipinski definition) is 4. The van der Waals surface area contributed by atoms with Gasteiger partial charge in [0.2, 0.25) is 0 Å². The lowest BCUT2D eigenvalue weighted by Crippen LogP contribution is -2.32. The minimum Gasteiger partial charge on any atom is -0.508 e. The number of amides is 1. The lowest BCUT2D eigenvalue weighted by Gasteiger charge is -2.19. The van der Waals surface area contributed by atoms with Crippen LogP contribution < -0.4 is 5.32 Å². The van der Waals surface area contributed by atoms with Gasteiger partial charge in [-0.25, -0.2) is 0 Å². The van der Waals surface area contributed by atoms with Gasteiger partial charge in [0, 0.05) is 12.5 Å². The molecule has 0 aliphatic heterocycles. The molecule has 5 nitrogen and oxygen atoms in total. The van der Waals surface area contributed by atoms with Gasteiger partial charge in [-0.1, -0.05) is 30.3 Å². The molecule has 0 heterocycles. The molecule has 0 aliphatic carbocycles. The summed E-state index contributed by atoms with van der Waals surface area (Å²) in [4.78, 5) is 23.3. The van der Waals surface area contributed by atoms with E-state index in [0.717, 1.165) is 5.56 Å². The molecule has 1 unspecified atom stereocenters. The third-order valence-electron chi connectivity index (χ3n) is 3.09. The molecule has 2 aromatic rings. The summed E-state index contributed by atoms with van der Waals surface area (Å²) in [5, 5.41) is 12.2. The second kappa shape index (κ2) is 7.26. The van der Waals surface area contributed by atoms with Gasteiger partial charge in [0.25, 0.3) is 5.91 Å². The molecule has 0 radical (unpaired) electrons. The first-order valence-corrected chi connectivity index (χ1v) is 6.84. The number of aromatic hydroxyl groups is 1. The van der Waals surface area contributed by atoms with E-state index in [9.17, 15) is 14.7 Å². The van der Waals surface area contributed by atoms with Gasteiger partial charge in [0.15, 0.2) is 0 Å². The smallest absolute Gasteiger partial charge is 0.302 e. The number of ether oxygens (including phenoxy) is 1. The second-order valence-corrected chi connectivity index (χ2v) is 4.79. The summed E-state index contributed by atoms with van der Waals surface area (Å²) in [5.74, 6) is -0.548. The summed E-state index contributed by atoms with van der Waals surface area (Å²) in [7, 11) is 0. The highest BCUT2D eigenvalue weighted by Gasteiger charge is 2.17. The number of esters is 1. The molecule has 1 atom stereocenters. The van der Waals surface area contributed by atoms with Gasteiger partial charge in [-0.3, -0.25) is 9.59 Å². The first-order valence-electron chi connectivity index (χ1n) is 6.84. The number of rotatable bonds is 5. The van der Waals surface area contributed by atoms with E-state index in [-0.39, 0.29) is 18.3 Å². The van der Waals surface area contributed by atoms with Gasteiger partial charge in [0.1, 0.15) is 12.4 Å². The van der Waals surface area contributed by atoms with Crippen LogP contribution in [0.2, 0.25) is 0 Å². The summed E-state index contributed by atoms with van der Waals surface area (Å²) in [6, 6.07) is 14.7. The zero-order valence-corrected chi connectivity index (χ0v) is 12.2. The monoisotopic (exact) mass is 299 g/mol. The van der Waals surface area contributed by atoms with Crippen molar-refractivity contribution in [3.8, 4) is 5.75 Å². The molecule has 2 rings (SSSR count). The van der Waals surface area contributed by atoms with Crippen molar-refractivity contribution in [2.24, 2.45) is 0 Å². The van der Waals surface area contributed by atoms with Crippen molar-refractivity contribution in [3.63, 3.8) is 0 Å². The topological polar surface area (TPSA) is 75.6 Å². The Hall–Kier alpha value is -2.82. The number of phenols is 1. The van der Waals surface area contributed by atoms with Gasteiger partial charge >= 0.3 is 5.97 Å². The van der Waals surface area contributed by atoms with Crippen LogP contribution in [0.15, 0.2) is 54.6 Å². The van der Waals surface area contributed by atoms with E-state index < -0.39 is 12.0 Å². The Morgan fingerprint density at radius 2 is 1.73 bits per heavy atom. The summed E-state index contributed by atoms with van der Waals surface area (Å²) in [5.41, 5.74) is 1.26. The molecule has 0 aromatic heterocycles. The Morgan fingerprint density at radius 3 is 2.32 bits per heavy atom. The van der Waals surface area contributed by atoms with E-state index >= 15 is 0 Å². The molecule has 0 saturated heterocycles. The molecule has 0 spiro atoms. The van der Waals surface area contributed by atoms with Crippen LogP contribution in [-0.2, 0) is 9.53 Å². The highest BCUT2D eigenvalue weighted by atomic mass is 16.5. The Kier molecular flexibility index (Phi) is 5.14. The summed E-state index contributed by atoms with van der Waals surface area (Å²) in [6.07, 6.45) is 0. The molecule has 114 valence electrons. The molecule has 2 aromatic carbocycles. The molecule has 5 heteroatoms. The van der Waals surface area contributed by atoms with E-state index in [0.29, 0.717) is 5.56 Å². The van der Waals surface area contributed by atoms with E-state index in [1.54, 1.807) is 36.4 Å². The average molecular weight is 299 g/mol. The predicted molar refractivity (Wildman–Crippen MR) is 81.4 cm³/mol. The summed E-state index contributed by atoms with van der Waals surface area (Å²) in [6.45, 7) is 1.34. The second-order valence-electron chi connectivity index (χ2n) is 4.79. The molecular formula is C17H17NO4. The van der Waals surface area contributed by atoms with Gasteiger partial charge in [-0.2, -0.15) is 0 Å². The van der Waals surface area contributed by atoms with E-state index in [4.69, 9.17) is 4.74 Å². The van der Waals surface area contributed by atoms with Crippen molar-refractivity contribution >= 4 is 11.9 Å². The van der Waals surface area contributed by atoms with Crippen LogP contribution in [0.5, 0.6) is 5.75 Å².